The molecule has 0 aliphatic rings. The summed E-state index contributed by atoms with van der Waals surface area (Å²) in [5.41, 5.74) is 0.536. The Morgan fingerprint density at radius 1 is 1.32 bits per heavy atom. The van der Waals surface area contributed by atoms with Gasteiger partial charge in [-0.2, -0.15) is 0 Å². The Morgan fingerprint density at radius 2 is 1.89 bits per heavy atom. The van der Waals surface area contributed by atoms with E-state index in [1.807, 2.05) is 0 Å². The largest absolute Gasteiger partial charge is 0.497 e. The molecular formula is C12H18N2O4S. The van der Waals surface area contributed by atoms with Gasteiger partial charge >= 0.3 is 0 Å². The van der Waals surface area contributed by atoms with Crippen molar-refractivity contribution in [1.82, 2.24) is 5.32 Å². The van der Waals surface area contributed by atoms with E-state index in [0.717, 1.165) is 6.26 Å². The third-order valence-corrected chi connectivity index (χ3v) is 3.64. The van der Waals surface area contributed by atoms with Crippen molar-refractivity contribution in [3.63, 3.8) is 0 Å². The zero-order valence-corrected chi connectivity index (χ0v) is 12.0. The first-order valence-electron chi connectivity index (χ1n) is 5.71. The molecule has 1 N–H and O–H groups in total. The quantitative estimate of drug-likeness (QED) is 0.831. The van der Waals surface area contributed by atoms with Crippen LogP contribution < -0.4 is 14.4 Å². The van der Waals surface area contributed by atoms with Crippen LogP contribution >= 0.6 is 0 Å². The smallest absolute Gasteiger partial charge is 0.232 e. The number of hydrogen-bond acceptors (Lipinski definition) is 4. The Labute approximate surface area is 113 Å². The zero-order chi connectivity index (χ0) is 14.5. The second-order valence-electron chi connectivity index (χ2n) is 4.02. The summed E-state index contributed by atoms with van der Waals surface area (Å²) < 4.78 is 29.7. The molecule has 7 heteroatoms. The molecule has 0 aromatic heterocycles. The van der Waals surface area contributed by atoms with Gasteiger partial charge < -0.3 is 10.1 Å². The summed E-state index contributed by atoms with van der Waals surface area (Å²) in [5.74, 6) is 0.460. The molecule has 0 saturated heterocycles. The molecule has 1 rings (SSSR count). The number of rotatable bonds is 6. The van der Waals surface area contributed by atoms with Crippen LogP contribution in [0, 0.1) is 0 Å². The van der Waals surface area contributed by atoms with Gasteiger partial charge in [0.25, 0.3) is 0 Å². The van der Waals surface area contributed by atoms with Crippen molar-refractivity contribution in [2.45, 2.75) is 6.92 Å². The molecule has 6 nitrogen and oxygen atoms in total. The third-order valence-electron chi connectivity index (χ3n) is 2.45. The van der Waals surface area contributed by atoms with E-state index in [-0.39, 0.29) is 19.0 Å². The maximum Gasteiger partial charge on any atom is 0.232 e. The van der Waals surface area contributed by atoms with Gasteiger partial charge in [0.1, 0.15) is 5.75 Å². The molecule has 0 saturated carbocycles. The Kier molecular flexibility index (Phi) is 5.17. The molecule has 1 amide bonds. The molecular weight excluding hydrogens is 268 g/mol. The van der Waals surface area contributed by atoms with Crippen molar-refractivity contribution in [3.8, 4) is 5.75 Å². The minimum Gasteiger partial charge on any atom is -0.497 e. The second kappa shape index (κ2) is 6.42. The fourth-order valence-electron chi connectivity index (χ4n) is 1.57. The number of hydrogen-bond donors (Lipinski definition) is 1. The molecule has 106 valence electrons. The highest BCUT2D eigenvalue weighted by atomic mass is 32.2. The van der Waals surface area contributed by atoms with E-state index in [1.54, 1.807) is 31.4 Å². The van der Waals surface area contributed by atoms with Crippen LogP contribution in [-0.2, 0) is 14.8 Å². The summed E-state index contributed by atoms with van der Waals surface area (Å²) in [6.07, 6.45) is 1.13. The molecule has 0 unspecified atom stereocenters. The number of anilines is 1. The standard InChI is InChI=1S/C12H18N2O4S/c1-10(15)13-8-9-14(19(3,16)17)11-4-6-12(18-2)7-5-11/h4-7H,8-9H2,1-3H3,(H,13,15). The van der Waals surface area contributed by atoms with E-state index in [9.17, 15) is 13.2 Å². The maximum atomic E-state index is 11.7. The fourth-order valence-corrected chi connectivity index (χ4v) is 2.50. The number of nitrogens with zero attached hydrogens (tertiary/aromatic N) is 1. The zero-order valence-electron chi connectivity index (χ0n) is 11.2. The highest BCUT2D eigenvalue weighted by Crippen LogP contribution is 2.20. The highest BCUT2D eigenvalue weighted by Gasteiger charge is 2.16. The van der Waals surface area contributed by atoms with Crippen LogP contribution in [-0.4, -0.2) is 40.8 Å². The van der Waals surface area contributed by atoms with Crippen LogP contribution in [0.4, 0.5) is 5.69 Å². The number of carbonyl (C=O) groups excluding carboxylic acids is 1. The lowest BCUT2D eigenvalue weighted by Crippen LogP contribution is -2.37. The summed E-state index contributed by atoms with van der Waals surface area (Å²) in [4.78, 5) is 10.8. The summed E-state index contributed by atoms with van der Waals surface area (Å²) >= 11 is 0. The van der Waals surface area contributed by atoms with Gasteiger partial charge in [-0.25, -0.2) is 8.42 Å². The summed E-state index contributed by atoms with van der Waals surface area (Å²) in [6.45, 7) is 1.83. The van der Waals surface area contributed by atoms with Gasteiger partial charge in [-0.15, -0.1) is 0 Å². The highest BCUT2D eigenvalue weighted by molar-refractivity contribution is 7.92. The Hall–Kier alpha value is -1.76. The van der Waals surface area contributed by atoms with Crippen molar-refractivity contribution in [2.75, 3.05) is 30.8 Å². The van der Waals surface area contributed by atoms with Gasteiger partial charge in [0.2, 0.25) is 15.9 Å². The van der Waals surface area contributed by atoms with Crippen molar-refractivity contribution >= 4 is 21.6 Å². The monoisotopic (exact) mass is 286 g/mol. The number of ether oxygens (including phenoxy) is 1. The van der Waals surface area contributed by atoms with Gasteiger partial charge in [0.05, 0.1) is 25.6 Å². The minimum atomic E-state index is -3.39. The van der Waals surface area contributed by atoms with Crippen LogP contribution in [0.5, 0.6) is 5.75 Å². The first kappa shape index (κ1) is 15.3. The molecule has 1 aromatic carbocycles. The molecule has 19 heavy (non-hydrogen) atoms. The fraction of sp³-hybridized carbons (Fsp3) is 0.417. The van der Waals surface area contributed by atoms with Gasteiger partial charge in [-0.3, -0.25) is 9.10 Å². The van der Waals surface area contributed by atoms with Gasteiger partial charge in [-0.05, 0) is 24.3 Å². The predicted octanol–water partition coefficient (Wildman–Crippen LogP) is 0.597. The second-order valence-corrected chi connectivity index (χ2v) is 5.92. The average molecular weight is 286 g/mol. The van der Waals surface area contributed by atoms with Crippen molar-refractivity contribution in [2.24, 2.45) is 0 Å². The Morgan fingerprint density at radius 3 is 2.32 bits per heavy atom. The predicted molar refractivity (Wildman–Crippen MR) is 73.9 cm³/mol. The lowest BCUT2D eigenvalue weighted by atomic mass is 10.3. The van der Waals surface area contributed by atoms with Crippen LogP contribution in [0.3, 0.4) is 0 Å². The molecule has 0 bridgehead atoms. The van der Waals surface area contributed by atoms with E-state index < -0.39 is 10.0 Å². The lowest BCUT2D eigenvalue weighted by molar-refractivity contribution is -0.118. The van der Waals surface area contributed by atoms with Crippen LogP contribution in [0.25, 0.3) is 0 Å². The number of benzene rings is 1. The topological polar surface area (TPSA) is 75.7 Å². The van der Waals surface area contributed by atoms with Crippen LogP contribution in [0.2, 0.25) is 0 Å². The van der Waals surface area contributed by atoms with E-state index in [4.69, 9.17) is 4.74 Å². The summed E-state index contributed by atoms with van der Waals surface area (Å²) in [6, 6.07) is 6.69. The van der Waals surface area contributed by atoms with E-state index in [2.05, 4.69) is 5.32 Å². The number of methoxy groups -OCH3 is 1. The Balaban J connectivity index is 2.87. The number of nitrogens with one attached hydrogen (secondary N) is 1. The van der Waals surface area contributed by atoms with Crippen molar-refractivity contribution in [1.29, 1.82) is 0 Å². The average Bonchev–Trinajstić information content (AvgIpc) is 2.33. The van der Waals surface area contributed by atoms with E-state index >= 15 is 0 Å². The van der Waals surface area contributed by atoms with Crippen LogP contribution in [0.1, 0.15) is 6.92 Å². The van der Waals surface area contributed by atoms with Crippen LogP contribution in [0.15, 0.2) is 24.3 Å². The SMILES string of the molecule is COc1ccc(N(CCNC(C)=O)S(C)(=O)=O)cc1. The molecule has 0 spiro atoms. The van der Waals surface area contributed by atoms with E-state index in [1.165, 1.54) is 11.2 Å². The third kappa shape index (κ3) is 4.78. The lowest BCUT2D eigenvalue weighted by Gasteiger charge is -2.22. The van der Waals surface area contributed by atoms with Gasteiger partial charge in [0, 0.05) is 13.5 Å². The summed E-state index contributed by atoms with van der Waals surface area (Å²) in [7, 11) is -1.85. The van der Waals surface area contributed by atoms with Crippen molar-refractivity contribution < 1.29 is 17.9 Å². The van der Waals surface area contributed by atoms with Gasteiger partial charge in [-0.1, -0.05) is 0 Å². The van der Waals surface area contributed by atoms with Crippen molar-refractivity contribution in [3.05, 3.63) is 24.3 Å². The molecule has 0 radical (unpaired) electrons. The first-order chi connectivity index (χ1) is 8.84. The summed E-state index contributed by atoms with van der Waals surface area (Å²) in [5, 5.41) is 2.57. The molecule has 1 aromatic rings. The van der Waals surface area contributed by atoms with Gasteiger partial charge in [0.15, 0.2) is 0 Å². The molecule has 0 aliphatic heterocycles. The molecule has 0 aliphatic carbocycles. The first-order valence-corrected chi connectivity index (χ1v) is 7.55. The molecule has 0 atom stereocenters. The number of carbonyl (C=O) groups is 1. The van der Waals surface area contributed by atoms with E-state index in [0.29, 0.717) is 11.4 Å². The maximum absolute atomic E-state index is 11.7. The number of amides is 1. The Bertz CT molecular complexity index is 525. The molecule has 0 fully saturated rings. The number of sulfonamides is 1. The normalized spacial score (nSPS) is 10.9. The molecule has 0 heterocycles. The minimum absolute atomic E-state index is 0.185.